The fraction of sp³-hybridized carbons (Fsp3) is 0.519. The van der Waals surface area contributed by atoms with E-state index in [1.54, 1.807) is 0 Å². The van der Waals surface area contributed by atoms with E-state index in [0.29, 0.717) is 12.0 Å². The topological polar surface area (TPSA) is 58.3 Å². The number of aryl methyl sites for hydroxylation is 1. The minimum atomic E-state index is -0.859. The van der Waals surface area contributed by atoms with Crippen LogP contribution in [0.2, 0.25) is 0 Å². The normalized spacial score (nSPS) is 16.9. The molecule has 0 aliphatic heterocycles. The van der Waals surface area contributed by atoms with Crippen LogP contribution in [0.25, 0.3) is 11.0 Å². The number of aliphatic hydroxyl groups excluding tert-OH is 1. The van der Waals surface area contributed by atoms with Gasteiger partial charge in [-0.05, 0) is 81.5 Å². The summed E-state index contributed by atoms with van der Waals surface area (Å²) in [7, 11) is 0. The van der Waals surface area contributed by atoms with Gasteiger partial charge < -0.3 is 14.8 Å². The predicted molar refractivity (Wildman–Crippen MR) is 126 cm³/mol. The standard InChI is InChI=1S/C27H36N2O2/c1-19(20-9-5-4-6-10-20)17-23(30)13-8-14-26-28-24-16-15-21(27(2,3)31)18-25(24)29(26)22-11-7-12-22/h4-6,9-10,15-16,18-19,22-23,30-31H,7-8,11-14,17H2,1-3H3/t19-,23?/m0/s1. The lowest BCUT2D eigenvalue weighted by molar-refractivity contribution is 0.0787. The quantitative estimate of drug-likeness (QED) is 0.455. The molecule has 1 aliphatic rings. The van der Waals surface area contributed by atoms with Gasteiger partial charge in [-0.1, -0.05) is 43.3 Å². The lowest BCUT2D eigenvalue weighted by Gasteiger charge is -2.29. The van der Waals surface area contributed by atoms with Gasteiger partial charge >= 0.3 is 0 Å². The highest BCUT2D eigenvalue weighted by atomic mass is 16.3. The van der Waals surface area contributed by atoms with Gasteiger partial charge in [-0.2, -0.15) is 0 Å². The second kappa shape index (κ2) is 9.13. The van der Waals surface area contributed by atoms with E-state index in [2.05, 4.69) is 41.8 Å². The maximum absolute atomic E-state index is 10.6. The van der Waals surface area contributed by atoms with Crippen LogP contribution in [0.4, 0.5) is 0 Å². The zero-order valence-electron chi connectivity index (χ0n) is 19.1. The van der Waals surface area contributed by atoms with E-state index < -0.39 is 5.60 Å². The molecule has 1 heterocycles. The minimum absolute atomic E-state index is 0.293. The van der Waals surface area contributed by atoms with Gasteiger partial charge in [0.15, 0.2) is 0 Å². The van der Waals surface area contributed by atoms with E-state index in [1.165, 1.54) is 24.8 Å². The molecule has 4 nitrogen and oxygen atoms in total. The van der Waals surface area contributed by atoms with Crippen molar-refractivity contribution in [2.24, 2.45) is 0 Å². The molecule has 4 heteroatoms. The van der Waals surface area contributed by atoms with E-state index in [1.807, 2.05) is 32.0 Å². The second-order valence-corrected chi connectivity index (χ2v) is 9.84. The number of benzene rings is 2. The molecule has 1 fully saturated rings. The molecule has 2 N–H and O–H groups in total. The molecule has 2 aromatic carbocycles. The van der Waals surface area contributed by atoms with Gasteiger partial charge in [0.1, 0.15) is 5.82 Å². The molecule has 166 valence electrons. The molecule has 0 bridgehead atoms. The van der Waals surface area contributed by atoms with E-state index >= 15 is 0 Å². The fourth-order valence-electron chi connectivity index (χ4n) is 4.69. The Morgan fingerprint density at radius 2 is 1.87 bits per heavy atom. The van der Waals surface area contributed by atoms with Gasteiger partial charge in [0.05, 0.1) is 22.7 Å². The number of rotatable bonds is 9. The van der Waals surface area contributed by atoms with Crippen molar-refractivity contribution in [2.45, 2.75) is 89.4 Å². The van der Waals surface area contributed by atoms with Crippen molar-refractivity contribution in [2.75, 3.05) is 0 Å². The maximum atomic E-state index is 10.6. The second-order valence-electron chi connectivity index (χ2n) is 9.84. The Morgan fingerprint density at radius 3 is 2.52 bits per heavy atom. The highest BCUT2D eigenvalue weighted by Crippen LogP contribution is 2.37. The van der Waals surface area contributed by atoms with Crippen LogP contribution in [0.5, 0.6) is 0 Å². The molecule has 0 saturated heterocycles. The Balaban J connectivity index is 1.44. The van der Waals surface area contributed by atoms with Crippen LogP contribution in [0.3, 0.4) is 0 Å². The molecule has 4 rings (SSSR count). The Labute approximate surface area is 186 Å². The van der Waals surface area contributed by atoms with Gasteiger partial charge in [0.25, 0.3) is 0 Å². The van der Waals surface area contributed by atoms with Crippen molar-refractivity contribution in [3.8, 4) is 0 Å². The number of nitrogens with zero attached hydrogens (tertiary/aromatic N) is 2. The predicted octanol–water partition coefficient (Wildman–Crippen LogP) is 5.87. The molecule has 0 radical (unpaired) electrons. The third kappa shape index (κ3) is 5.02. The summed E-state index contributed by atoms with van der Waals surface area (Å²) in [4.78, 5) is 4.94. The van der Waals surface area contributed by atoms with Crippen molar-refractivity contribution in [1.82, 2.24) is 9.55 Å². The molecule has 31 heavy (non-hydrogen) atoms. The summed E-state index contributed by atoms with van der Waals surface area (Å²) >= 11 is 0. The molecule has 1 unspecified atom stereocenters. The van der Waals surface area contributed by atoms with Crippen LogP contribution >= 0.6 is 0 Å². The fourth-order valence-corrected chi connectivity index (χ4v) is 4.69. The zero-order chi connectivity index (χ0) is 22.0. The first kappa shape index (κ1) is 22.0. The first-order valence-corrected chi connectivity index (χ1v) is 11.8. The van der Waals surface area contributed by atoms with E-state index in [-0.39, 0.29) is 6.10 Å². The number of aliphatic hydroxyl groups is 2. The summed E-state index contributed by atoms with van der Waals surface area (Å²) in [5.74, 6) is 1.48. The van der Waals surface area contributed by atoms with Crippen molar-refractivity contribution in [3.63, 3.8) is 0 Å². The monoisotopic (exact) mass is 420 g/mol. The molecule has 1 aliphatic carbocycles. The van der Waals surface area contributed by atoms with Crippen LogP contribution < -0.4 is 0 Å². The summed E-state index contributed by atoms with van der Waals surface area (Å²) in [6, 6.07) is 17.1. The molecular weight excluding hydrogens is 384 g/mol. The molecule has 1 saturated carbocycles. The van der Waals surface area contributed by atoms with Crippen LogP contribution in [0.15, 0.2) is 48.5 Å². The first-order chi connectivity index (χ1) is 14.8. The Morgan fingerprint density at radius 1 is 1.13 bits per heavy atom. The molecular formula is C27H36N2O2. The van der Waals surface area contributed by atoms with Crippen LogP contribution in [-0.4, -0.2) is 25.9 Å². The lowest BCUT2D eigenvalue weighted by Crippen LogP contribution is -2.20. The van der Waals surface area contributed by atoms with Gasteiger partial charge in [-0.25, -0.2) is 4.98 Å². The number of hydrogen-bond acceptors (Lipinski definition) is 3. The van der Waals surface area contributed by atoms with E-state index in [9.17, 15) is 10.2 Å². The van der Waals surface area contributed by atoms with Crippen molar-refractivity contribution >= 4 is 11.0 Å². The van der Waals surface area contributed by atoms with Gasteiger partial charge in [-0.3, -0.25) is 0 Å². The summed E-state index contributed by atoms with van der Waals surface area (Å²) in [6.45, 7) is 5.85. The summed E-state index contributed by atoms with van der Waals surface area (Å²) in [6.07, 6.45) is 6.75. The Hall–Kier alpha value is -2.17. The number of hydrogen-bond donors (Lipinski definition) is 2. The van der Waals surface area contributed by atoms with Crippen molar-refractivity contribution in [3.05, 3.63) is 65.5 Å². The minimum Gasteiger partial charge on any atom is -0.393 e. The van der Waals surface area contributed by atoms with Crippen LogP contribution in [0.1, 0.15) is 88.2 Å². The average Bonchev–Trinajstić information content (AvgIpc) is 3.04. The first-order valence-electron chi connectivity index (χ1n) is 11.8. The highest BCUT2D eigenvalue weighted by molar-refractivity contribution is 5.77. The van der Waals surface area contributed by atoms with E-state index in [0.717, 1.165) is 48.1 Å². The van der Waals surface area contributed by atoms with Crippen molar-refractivity contribution < 1.29 is 10.2 Å². The average molecular weight is 421 g/mol. The molecule has 1 aromatic heterocycles. The van der Waals surface area contributed by atoms with Gasteiger partial charge in [0.2, 0.25) is 0 Å². The third-order valence-corrected chi connectivity index (χ3v) is 6.84. The van der Waals surface area contributed by atoms with Crippen LogP contribution in [-0.2, 0) is 12.0 Å². The Kier molecular flexibility index (Phi) is 6.49. The number of fused-ring (bicyclic) bond motifs is 1. The summed E-state index contributed by atoms with van der Waals surface area (Å²) < 4.78 is 2.41. The van der Waals surface area contributed by atoms with E-state index in [4.69, 9.17) is 4.98 Å². The van der Waals surface area contributed by atoms with Gasteiger partial charge in [-0.15, -0.1) is 0 Å². The SMILES string of the molecule is C[C@@H](CC(O)CCCc1nc2ccc(C(C)(C)O)cc2n1C1CCC1)c1ccccc1. The zero-order valence-corrected chi connectivity index (χ0v) is 19.1. The third-order valence-electron chi connectivity index (χ3n) is 6.84. The summed E-state index contributed by atoms with van der Waals surface area (Å²) in [5.41, 5.74) is 3.50. The molecule has 2 atom stereocenters. The van der Waals surface area contributed by atoms with Crippen molar-refractivity contribution in [1.29, 1.82) is 0 Å². The maximum Gasteiger partial charge on any atom is 0.110 e. The molecule has 0 spiro atoms. The van der Waals surface area contributed by atoms with Crippen LogP contribution in [0, 0.1) is 0 Å². The Bertz CT molecular complexity index is 999. The molecule has 3 aromatic rings. The summed E-state index contributed by atoms with van der Waals surface area (Å²) in [5, 5.41) is 21.1. The number of aromatic nitrogens is 2. The smallest absolute Gasteiger partial charge is 0.110 e. The lowest BCUT2D eigenvalue weighted by atomic mass is 9.91. The highest BCUT2D eigenvalue weighted by Gasteiger charge is 2.26. The number of imidazole rings is 1. The largest absolute Gasteiger partial charge is 0.393 e. The van der Waals surface area contributed by atoms with Gasteiger partial charge in [0, 0.05) is 12.5 Å². The molecule has 0 amide bonds.